The molecule has 5 rings (SSSR count). The smallest absolute Gasteiger partial charge is 0.258 e. The molecular formula is C21H20ClF2NO4S. The molecule has 3 saturated carbocycles. The predicted octanol–water partition coefficient (Wildman–Crippen LogP) is 3.65. The van der Waals surface area contributed by atoms with Crippen LogP contribution in [0.3, 0.4) is 0 Å². The van der Waals surface area contributed by atoms with Gasteiger partial charge in [0.15, 0.2) is 16.4 Å². The third kappa shape index (κ3) is 4.30. The third-order valence-electron chi connectivity index (χ3n) is 5.67. The standard InChI is InChI=1S/C21H20ClF2NO4S/c22-16-6-5-15(7-18(16)24)29-8-19(26)25-21-10-20(11-21,12-21)13-30(27,28)9-14-3-1-2-4-17(14)23/h1-7H,8-13H2,(H,25,26). The van der Waals surface area contributed by atoms with Gasteiger partial charge in [0.05, 0.1) is 16.5 Å². The molecule has 2 aromatic carbocycles. The highest BCUT2D eigenvalue weighted by molar-refractivity contribution is 7.90. The number of halogens is 3. The number of carbonyl (C=O) groups is 1. The van der Waals surface area contributed by atoms with Crippen LogP contribution in [0.2, 0.25) is 5.02 Å². The fourth-order valence-corrected chi connectivity index (χ4v) is 6.87. The number of nitrogens with one attached hydrogen (secondary N) is 1. The zero-order valence-electron chi connectivity index (χ0n) is 16.0. The van der Waals surface area contributed by atoms with Crippen LogP contribution in [-0.4, -0.2) is 32.2 Å². The Hall–Kier alpha value is -2.19. The summed E-state index contributed by atoms with van der Waals surface area (Å²) in [5, 5.41) is 2.85. The maximum Gasteiger partial charge on any atom is 0.258 e. The normalized spacial score (nSPS) is 24.5. The average Bonchev–Trinajstić information content (AvgIpc) is 2.61. The quantitative estimate of drug-likeness (QED) is 0.659. The van der Waals surface area contributed by atoms with E-state index in [1.54, 1.807) is 6.07 Å². The maximum atomic E-state index is 13.7. The van der Waals surface area contributed by atoms with Crippen LogP contribution in [0, 0.1) is 17.0 Å². The minimum absolute atomic E-state index is 0.0213. The van der Waals surface area contributed by atoms with E-state index in [1.807, 2.05) is 0 Å². The van der Waals surface area contributed by atoms with Gasteiger partial charge in [-0.25, -0.2) is 17.2 Å². The van der Waals surface area contributed by atoms with Gasteiger partial charge in [-0.2, -0.15) is 0 Å². The average molecular weight is 456 g/mol. The van der Waals surface area contributed by atoms with Gasteiger partial charge in [-0.3, -0.25) is 4.79 Å². The minimum Gasteiger partial charge on any atom is -0.484 e. The lowest BCUT2D eigenvalue weighted by molar-refractivity contribution is -0.156. The van der Waals surface area contributed by atoms with Crippen molar-refractivity contribution in [2.24, 2.45) is 5.41 Å². The fourth-order valence-electron chi connectivity index (χ4n) is 4.70. The Morgan fingerprint density at radius 3 is 2.47 bits per heavy atom. The van der Waals surface area contributed by atoms with Crippen molar-refractivity contribution in [2.45, 2.75) is 30.6 Å². The van der Waals surface area contributed by atoms with E-state index in [4.69, 9.17) is 16.3 Å². The van der Waals surface area contributed by atoms with Gasteiger partial charge >= 0.3 is 0 Å². The van der Waals surface area contributed by atoms with Gasteiger partial charge in [0.25, 0.3) is 5.91 Å². The molecule has 2 bridgehead atoms. The molecule has 2 aromatic rings. The zero-order chi connectivity index (χ0) is 21.6. The molecule has 1 amide bonds. The molecule has 0 spiro atoms. The Kier molecular flexibility index (Phi) is 5.26. The van der Waals surface area contributed by atoms with Crippen LogP contribution < -0.4 is 10.1 Å². The van der Waals surface area contributed by atoms with E-state index in [1.165, 1.54) is 30.3 Å². The molecule has 160 valence electrons. The summed E-state index contributed by atoms with van der Waals surface area (Å²) >= 11 is 5.60. The Labute approximate surface area is 178 Å². The van der Waals surface area contributed by atoms with Crippen LogP contribution in [0.25, 0.3) is 0 Å². The number of benzene rings is 2. The molecule has 3 fully saturated rings. The lowest BCUT2D eigenvalue weighted by Gasteiger charge is -2.70. The van der Waals surface area contributed by atoms with Crippen LogP contribution in [0.1, 0.15) is 24.8 Å². The maximum absolute atomic E-state index is 13.7. The Bertz CT molecular complexity index is 1090. The van der Waals surface area contributed by atoms with Crippen molar-refractivity contribution in [1.82, 2.24) is 5.32 Å². The Balaban J connectivity index is 1.25. The summed E-state index contributed by atoms with van der Waals surface area (Å²) in [5.74, 6) is -1.66. The number of rotatable bonds is 8. The van der Waals surface area contributed by atoms with Crippen molar-refractivity contribution < 1.29 is 26.7 Å². The molecule has 0 atom stereocenters. The van der Waals surface area contributed by atoms with Gasteiger partial charge in [-0.05, 0) is 42.9 Å². The first-order valence-corrected chi connectivity index (χ1v) is 11.6. The summed E-state index contributed by atoms with van der Waals surface area (Å²) in [4.78, 5) is 12.2. The summed E-state index contributed by atoms with van der Waals surface area (Å²) in [7, 11) is -3.47. The van der Waals surface area contributed by atoms with Crippen LogP contribution >= 0.6 is 11.6 Å². The fraction of sp³-hybridized carbons (Fsp3) is 0.381. The van der Waals surface area contributed by atoms with Gasteiger partial charge < -0.3 is 10.1 Å². The Morgan fingerprint density at radius 1 is 1.10 bits per heavy atom. The van der Waals surface area contributed by atoms with Crippen molar-refractivity contribution in [2.75, 3.05) is 12.4 Å². The summed E-state index contributed by atoms with van der Waals surface area (Å²) in [6.07, 6.45) is 1.70. The molecule has 30 heavy (non-hydrogen) atoms. The van der Waals surface area contributed by atoms with Crippen LogP contribution in [0.15, 0.2) is 42.5 Å². The first kappa shape index (κ1) is 21.1. The van der Waals surface area contributed by atoms with Gasteiger partial charge in [0, 0.05) is 17.2 Å². The highest BCUT2D eigenvalue weighted by atomic mass is 35.5. The highest BCUT2D eigenvalue weighted by Gasteiger charge is 2.69. The first-order valence-electron chi connectivity index (χ1n) is 9.42. The van der Waals surface area contributed by atoms with E-state index >= 15 is 0 Å². The molecule has 0 heterocycles. The molecule has 3 aliphatic carbocycles. The molecule has 0 aliphatic heterocycles. The molecule has 3 aliphatic rings. The molecule has 5 nitrogen and oxygen atoms in total. The van der Waals surface area contributed by atoms with E-state index < -0.39 is 27.0 Å². The lowest BCUT2D eigenvalue weighted by Crippen LogP contribution is -2.76. The molecule has 0 radical (unpaired) electrons. The molecule has 1 N–H and O–H groups in total. The van der Waals surface area contributed by atoms with Gasteiger partial charge in [-0.1, -0.05) is 29.8 Å². The van der Waals surface area contributed by atoms with Crippen molar-refractivity contribution in [1.29, 1.82) is 0 Å². The first-order chi connectivity index (χ1) is 14.1. The van der Waals surface area contributed by atoms with Crippen molar-refractivity contribution >= 4 is 27.3 Å². The van der Waals surface area contributed by atoms with E-state index in [0.29, 0.717) is 19.3 Å². The Morgan fingerprint density at radius 2 is 1.80 bits per heavy atom. The molecule has 0 unspecified atom stereocenters. The SMILES string of the molecule is O=C(COc1ccc(Cl)c(F)c1)NC12CC(CS(=O)(=O)Cc3ccccc3F)(C1)C2. The number of ether oxygens (including phenoxy) is 1. The molecule has 0 saturated heterocycles. The minimum atomic E-state index is -3.47. The second-order valence-corrected chi connectivity index (χ2v) is 10.8. The van der Waals surface area contributed by atoms with Crippen LogP contribution in [-0.2, 0) is 20.4 Å². The highest BCUT2D eigenvalue weighted by Crippen LogP contribution is 2.67. The van der Waals surface area contributed by atoms with E-state index in [0.717, 1.165) is 6.07 Å². The van der Waals surface area contributed by atoms with Crippen LogP contribution in [0.5, 0.6) is 5.75 Å². The topological polar surface area (TPSA) is 72.5 Å². The predicted molar refractivity (Wildman–Crippen MR) is 108 cm³/mol. The number of sulfone groups is 1. The molecular weight excluding hydrogens is 436 g/mol. The van der Waals surface area contributed by atoms with Gasteiger partial charge in [0.1, 0.15) is 17.4 Å². The second-order valence-electron chi connectivity index (χ2n) is 8.35. The summed E-state index contributed by atoms with van der Waals surface area (Å²) < 4.78 is 57.4. The number of carbonyl (C=O) groups excluding carboxylic acids is 1. The number of amides is 1. The van der Waals surface area contributed by atoms with E-state index in [-0.39, 0.29) is 45.8 Å². The largest absolute Gasteiger partial charge is 0.484 e. The van der Waals surface area contributed by atoms with Crippen molar-refractivity contribution in [3.05, 3.63) is 64.7 Å². The van der Waals surface area contributed by atoms with Gasteiger partial charge in [-0.15, -0.1) is 0 Å². The molecule has 0 aromatic heterocycles. The lowest BCUT2D eigenvalue weighted by atomic mass is 9.40. The van der Waals surface area contributed by atoms with E-state index in [9.17, 15) is 22.0 Å². The summed E-state index contributed by atoms with van der Waals surface area (Å²) in [6.45, 7) is -0.276. The van der Waals surface area contributed by atoms with Crippen LogP contribution in [0.4, 0.5) is 8.78 Å². The second kappa shape index (κ2) is 7.50. The zero-order valence-corrected chi connectivity index (χ0v) is 17.5. The van der Waals surface area contributed by atoms with Crippen molar-refractivity contribution in [3.63, 3.8) is 0 Å². The number of hydrogen-bond donors (Lipinski definition) is 1. The number of hydrogen-bond acceptors (Lipinski definition) is 4. The van der Waals surface area contributed by atoms with Gasteiger partial charge in [0.2, 0.25) is 0 Å². The molecule has 9 heteroatoms. The third-order valence-corrected chi connectivity index (χ3v) is 7.77. The summed E-state index contributed by atoms with van der Waals surface area (Å²) in [6, 6.07) is 9.77. The summed E-state index contributed by atoms with van der Waals surface area (Å²) in [5.41, 5.74) is -0.584. The monoisotopic (exact) mass is 455 g/mol. The van der Waals surface area contributed by atoms with Crippen molar-refractivity contribution in [3.8, 4) is 5.75 Å². The van der Waals surface area contributed by atoms with E-state index in [2.05, 4.69) is 5.32 Å².